The lowest BCUT2D eigenvalue weighted by Gasteiger charge is -2.37. The fraction of sp³-hybridized carbons (Fsp3) is 0.889. The van der Waals surface area contributed by atoms with Crippen LogP contribution in [0.5, 0.6) is 0 Å². The van der Waals surface area contributed by atoms with Gasteiger partial charge in [-0.1, -0.05) is 20.3 Å². The summed E-state index contributed by atoms with van der Waals surface area (Å²) in [5.41, 5.74) is 0. The van der Waals surface area contributed by atoms with Gasteiger partial charge >= 0.3 is 0 Å². The average Bonchev–Trinajstić information content (AvgIpc) is 3.20. The zero-order valence-corrected chi connectivity index (χ0v) is 14.4. The van der Waals surface area contributed by atoms with Crippen molar-refractivity contribution >= 4 is 11.8 Å². The Kier molecular flexibility index (Phi) is 4.95. The number of hydrogen-bond donors (Lipinski definition) is 1. The molecular weight excluding hydrogens is 292 g/mol. The van der Waals surface area contributed by atoms with Crippen molar-refractivity contribution in [1.29, 1.82) is 0 Å². The Morgan fingerprint density at radius 2 is 1.91 bits per heavy atom. The van der Waals surface area contributed by atoms with Gasteiger partial charge in [0, 0.05) is 31.5 Å². The summed E-state index contributed by atoms with van der Waals surface area (Å²) in [6.45, 7) is 5.54. The van der Waals surface area contributed by atoms with Gasteiger partial charge in [0.05, 0.1) is 6.10 Å². The van der Waals surface area contributed by atoms with Crippen LogP contribution < -0.4 is 0 Å². The van der Waals surface area contributed by atoms with Crippen LogP contribution >= 0.6 is 0 Å². The summed E-state index contributed by atoms with van der Waals surface area (Å²) in [7, 11) is 0. The summed E-state index contributed by atoms with van der Waals surface area (Å²) >= 11 is 0. The molecule has 2 aliphatic heterocycles. The molecule has 2 amide bonds. The molecule has 0 spiro atoms. The van der Waals surface area contributed by atoms with Crippen LogP contribution in [0.4, 0.5) is 0 Å². The van der Waals surface area contributed by atoms with Crippen LogP contribution in [-0.2, 0) is 9.59 Å². The standard InChI is InChI=1S/C18H30N2O3/c1-12(2)17(20-11-5-9-16(20)22)18(23)19-10-4-7-14(19)13-6-3-8-15(13)21/h12-15,17,21H,3-11H2,1-2H3. The number of amides is 2. The lowest BCUT2D eigenvalue weighted by Crippen LogP contribution is -2.54. The van der Waals surface area contributed by atoms with Crippen molar-refractivity contribution in [3.63, 3.8) is 0 Å². The van der Waals surface area contributed by atoms with Crippen molar-refractivity contribution in [3.8, 4) is 0 Å². The second-order valence-electron chi connectivity index (χ2n) is 7.78. The number of carbonyl (C=O) groups is 2. The highest BCUT2D eigenvalue weighted by molar-refractivity contribution is 5.89. The van der Waals surface area contributed by atoms with E-state index in [2.05, 4.69) is 0 Å². The molecule has 1 N–H and O–H groups in total. The van der Waals surface area contributed by atoms with Gasteiger partial charge in [-0.2, -0.15) is 0 Å². The van der Waals surface area contributed by atoms with Gasteiger partial charge < -0.3 is 14.9 Å². The summed E-state index contributed by atoms with van der Waals surface area (Å²) in [4.78, 5) is 29.2. The minimum atomic E-state index is -0.329. The van der Waals surface area contributed by atoms with Gasteiger partial charge in [0.15, 0.2) is 0 Å². The van der Waals surface area contributed by atoms with Crippen LogP contribution in [0.15, 0.2) is 0 Å². The Bertz CT molecular complexity index is 465. The maximum atomic E-state index is 13.2. The lowest BCUT2D eigenvalue weighted by molar-refractivity contribution is -0.147. The summed E-state index contributed by atoms with van der Waals surface area (Å²) in [6, 6.07) is -0.164. The Labute approximate surface area is 139 Å². The van der Waals surface area contributed by atoms with E-state index in [0.717, 1.165) is 45.1 Å². The molecule has 0 bridgehead atoms. The molecule has 2 saturated heterocycles. The Morgan fingerprint density at radius 3 is 2.48 bits per heavy atom. The first kappa shape index (κ1) is 16.7. The second-order valence-corrected chi connectivity index (χ2v) is 7.78. The Morgan fingerprint density at radius 1 is 1.13 bits per heavy atom. The highest BCUT2D eigenvalue weighted by atomic mass is 16.3. The molecule has 130 valence electrons. The van der Waals surface area contributed by atoms with Crippen molar-refractivity contribution in [1.82, 2.24) is 9.80 Å². The molecule has 0 aromatic heterocycles. The van der Waals surface area contributed by atoms with Crippen molar-refractivity contribution < 1.29 is 14.7 Å². The fourth-order valence-corrected chi connectivity index (χ4v) is 4.84. The molecule has 2 heterocycles. The fourth-order valence-electron chi connectivity index (χ4n) is 4.84. The van der Waals surface area contributed by atoms with E-state index in [4.69, 9.17) is 0 Å². The topological polar surface area (TPSA) is 60.9 Å². The highest BCUT2D eigenvalue weighted by Gasteiger charge is 2.44. The van der Waals surface area contributed by atoms with Gasteiger partial charge in [-0.05, 0) is 38.0 Å². The predicted molar refractivity (Wildman–Crippen MR) is 87.7 cm³/mol. The normalized spacial score (nSPS) is 33.0. The zero-order valence-electron chi connectivity index (χ0n) is 14.4. The Balaban J connectivity index is 1.77. The molecule has 4 atom stereocenters. The van der Waals surface area contributed by atoms with E-state index in [9.17, 15) is 14.7 Å². The van der Waals surface area contributed by atoms with E-state index in [1.54, 1.807) is 4.90 Å². The van der Waals surface area contributed by atoms with Crippen LogP contribution in [-0.4, -0.2) is 58.0 Å². The van der Waals surface area contributed by atoms with Gasteiger partial charge in [-0.3, -0.25) is 9.59 Å². The van der Waals surface area contributed by atoms with Crippen LogP contribution in [0.2, 0.25) is 0 Å². The SMILES string of the molecule is CC(C)C(C(=O)N1CCCC1C1CCCC1O)N1CCCC1=O. The molecule has 3 aliphatic rings. The first-order valence-corrected chi connectivity index (χ1v) is 9.28. The Hall–Kier alpha value is -1.10. The van der Waals surface area contributed by atoms with Gasteiger partial charge in [0.2, 0.25) is 11.8 Å². The van der Waals surface area contributed by atoms with Gasteiger partial charge in [0.1, 0.15) is 6.04 Å². The first-order valence-electron chi connectivity index (χ1n) is 9.28. The summed E-state index contributed by atoms with van der Waals surface area (Å²) in [5.74, 6) is 0.577. The number of likely N-dealkylation sites (tertiary alicyclic amines) is 2. The van der Waals surface area contributed by atoms with Crippen LogP contribution in [0.25, 0.3) is 0 Å². The minimum absolute atomic E-state index is 0.108. The molecule has 5 heteroatoms. The molecule has 3 rings (SSSR count). The third kappa shape index (κ3) is 3.12. The lowest BCUT2D eigenvalue weighted by atomic mass is 9.92. The minimum Gasteiger partial charge on any atom is -0.393 e. The number of rotatable bonds is 4. The molecule has 0 aromatic carbocycles. The van der Waals surface area contributed by atoms with Crippen LogP contribution in [0.1, 0.15) is 58.8 Å². The molecule has 4 unspecified atom stereocenters. The molecule has 0 aromatic rings. The molecule has 1 saturated carbocycles. The van der Waals surface area contributed by atoms with Crippen LogP contribution in [0.3, 0.4) is 0 Å². The van der Waals surface area contributed by atoms with Crippen molar-refractivity contribution in [3.05, 3.63) is 0 Å². The first-order chi connectivity index (χ1) is 11.0. The van der Waals surface area contributed by atoms with Gasteiger partial charge in [-0.25, -0.2) is 0 Å². The van der Waals surface area contributed by atoms with E-state index in [-0.39, 0.29) is 41.8 Å². The molecule has 23 heavy (non-hydrogen) atoms. The molecule has 1 aliphatic carbocycles. The van der Waals surface area contributed by atoms with Gasteiger partial charge in [0.25, 0.3) is 0 Å². The second kappa shape index (κ2) is 6.80. The van der Waals surface area contributed by atoms with E-state index < -0.39 is 0 Å². The summed E-state index contributed by atoms with van der Waals surface area (Å²) in [6.07, 6.45) is 6.11. The molecule has 5 nitrogen and oxygen atoms in total. The number of aliphatic hydroxyl groups excluding tert-OH is 1. The van der Waals surface area contributed by atoms with Gasteiger partial charge in [-0.15, -0.1) is 0 Å². The van der Waals surface area contributed by atoms with E-state index >= 15 is 0 Å². The molecular formula is C18H30N2O3. The number of hydrogen-bond acceptors (Lipinski definition) is 3. The van der Waals surface area contributed by atoms with Crippen molar-refractivity contribution in [2.75, 3.05) is 13.1 Å². The quantitative estimate of drug-likeness (QED) is 0.858. The van der Waals surface area contributed by atoms with Crippen LogP contribution in [0, 0.1) is 11.8 Å². The third-order valence-corrected chi connectivity index (χ3v) is 5.94. The average molecular weight is 322 g/mol. The molecule has 0 radical (unpaired) electrons. The van der Waals surface area contributed by atoms with Crippen molar-refractivity contribution in [2.24, 2.45) is 11.8 Å². The maximum absolute atomic E-state index is 13.2. The highest BCUT2D eigenvalue weighted by Crippen LogP contribution is 2.37. The predicted octanol–water partition coefficient (Wildman–Crippen LogP) is 1.79. The summed E-state index contributed by atoms with van der Waals surface area (Å²) in [5, 5.41) is 10.2. The number of carbonyl (C=O) groups excluding carboxylic acids is 2. The molecule has 3 fully saturated rings. The largest absolute Gasteiger partial charge is 0.393 e. The monoisotopic (exact) mass is 322 g/mol. The van der Waals surface area contributed by atoms with E-state index in [1.165, 1.54) is 0 Å². The van der Waals surface area contributed by atoms with E-state index in [0.29, 0.717) is 13.0 Å². The summed E-state index contributed by atoms with van der Waals surface area (Å²) < 4.78 is 0. The van der Waals surface area contributed by atoms with E-state index in [1.807, 2.05) is 18.7 Å². The maximum Gasteiger partial charge on any atom is 0.245 e. The smallest absolute Gasteiger partial charge is 0.245 e. The number of nitrogens with zero attached hydrogens (tertiary/aromatic N) is 2. The number of aliphatic hydroxyl groups is 1. The zero-order chi connectivity index (χ0) is 16.6. The van der Waals surface area contributed by atoms with Crippen molar-refractivity contribution in [2.45, 2.75) is 77.0 Å². The third-order valence-electron chi connectivity index (χ3n) is 5.94.